The summed E-state index contributed by atoms with van der Waals surface area (Å²) >= 11 is 1.67. The van der Waals surface area contributed by atoms with E-state index in [4.69, 9.17) is 4.74 Å². The van der Waals surface area contributed by atoms with Gasteiger partial charge in [0.05, 0.1) is 18.4 Å². The lowest BCUT2D eigenvalue weighted by molar-refractivity contribution is -0.142. The summed E-state index contributed by atoms with van der Waals surface area (Å²) in [5.74, 6) is -0.0424. The number of benzene rings is 2. The number of fused-ring (bicyclic) bond motifs is 3. The van der Waals surface area contributed by atoms with Crippen molar-refractivity contribution < 1.29 is 24.2 Å². The Balaban J connectivity index is 1.33. The van der Waals surface area contributed by atoms with E-state index in [1.165, 1.54) is 11.1 Å². The van der Waals surface area contributed by atoms with Gasteiger partial charge in [0.2, 0.25) is 5.91 Å². The van der Waals surface area contributed by atoms with Gasteiger partial charge in [-0.25, -0.2) is 4.79 Å². The maximum Gasteiger partial charge on any atom is 0.407 e. The molecule has 2 aromatic carbocycles. The number of ether oxygens (including phenoxy) is 1. The maximum absolute atomic E-state index is 13.1. The van der Waals surface area contributed by atoms with E-state index in [2.05, 4.69) is 29.6 Å². The molecule has 2 amide bonds. The summed E-state index contributed by atoms with van der Waals surface area (Å²) < 4.78 is 5.58. The highest BCUT2D eigenvalue weighted by molar-refractivity contribution is 7.99. The third-order valence-corrected chi connectivity index (χ3v) is 7.69. The number of nitrogens with zero attached hydrogens (tertiary/aromatic N) is 1. The average Bonchev–Trinajstić information content (AvgIpc) is 3.16. The second-order valence-electron chi connectivity index (χ2n) is 8.67. The molecule has 0 spiro atoms. The first-order valence-electron chi connectivity index (χ1n) is 11.7. The van der Waals surface area contributed by atoms with Gasteiger partial charge in [-0.3, -0.25) is 9.59 Å². The lowest BCUT2D eigenvalue weighted by Crippen LogP contribution is -2.51. The van der Waals surface area contributed by atoms with Crippen LogP contribution in [0, 0.1) is 5.92 Å². The van der Waals surface area contributed by atoms with Gasteiger partial charge in [0.1, 0.15) is 6.61 Å². The molecule has 180 valence electrons. The van der Waals surface area contributed by atoms with Gasteiger partial charge in [-0.05, 0) is 28.7 Å². The van der Waals surface area contributed by atoms with Crippen LogP contribution in [0.25, 0.3) is 11.1 Å². The van der Waals surface area contributed by atoms with Crippen molar-refractivity contribution in [3.63, 3.8) is 0 Å². The number of hydrogen-bond acceptors (Lipinski definition) is 5. The van der Waals surface area contributed by atoms with E-state index in [0.29, 0.717) is 18.7 Å². The van der Waals surface area contributed by atoms with Gasteiger partial charge >= 0.3 is 12.1 Å². The molecule has 1 saturated heterocycles. The van der Waals surface area contributed by atoms with Gasteiger partial charge in [0.25, 0.3) is 0 Å². The van der Waals surface area contributed by atoms with Crippen LogP contribution in [0.1, 0.15) is 36.8 Å². The number of thioether (sulfide) groups is 1. The molecule has 1 aliphatic carbocycles. The molecule has 0 aromatic heterocycles. The number of amides is 2. The van der Waals surface area contributed by atoms with Crippen molar-refractivity contribution in [3.05, 3.63) is 59.7 Å². The molecule has 2 aromatic rings. The highest BCUT2D eigenvalue weighted by Gasteiger charge is 2.33. The number of carboxylic acids is 1. The van der Waals surface area contributed by atoms with Crippen molar-refractivity contribution in [3.8, 4) is 11.1 Å². The second kappa shape index (κ2) is 11.0. The van der Waals surface area contributed by atoms with Gasteiger partial charge in [-0.15, -0.1) is 0 Å². The van der Waals surface area contributed by atoms with Gasteiger partial charge in [0.15, 0.2) is 0 Å². The summed E-state index contributed by atoms with van der Waals surface area (Å²) in [6.45, 7) is 2.81. The van der Waals surface area contributed by atoms with Crippen LogP contribution in [0.15, 0.2) is 48.5 Å². The molecule has 2 aliphatic rings. The van der Waals surface area contributed by atoms with Crippen LogP contribution in [0.3, 0.4) is 0 Å². The molecule has 1 heterocycles. The summed E-state index contributed by atoms with van der Waals surface area (Å²) in [5.41, 5.74) is 4.62. The van der Waals surface area contributed by atoms with Crippen molar-refractivity contribution in [2.75, 3.05) is 31.2 Å². The topological polar surface area (TPSA) is 95.9 Å². The Hall–Kier alpha value is -3.00. The van der Waals surface area contributed by atoms with Crippen LogP contribution in [0.5, 0.6) is 0 Å². The first-order valence-corrected chi connectivity index (χ1v) is 12.8. The highest BCUT2D eigenvalue weighted by Crippen LogP contribution is 2.44. The zero-order chi connectivity index (χ0) is 24.1. The van der Waals surface area contributed by atoms with Crippen LogP contribution in [-0.4, -0.2) is 65.2 Å². The first kappa shape index (κ1) is 24.1. The van der Waals surface area contributed by atoms with Gasteiger partial charge in [0, 0.05) is 30.5 Å². The lowest BCUT2D eigenvalue weighted by atomic mass is 9.98. The molecule has 0 radical (unpaired) electrons. The van der Waals surface area contributed by atoms with Crippen LogP contribution < -0.4 is 5.32 Å². The fourth-order valence-electron chi connectivity index (χ4n) is 4.81. The fraction of sp³-hybridized carbons (Fsp3) is 0.423. The van der Waals surface area contributed by atoms with Gasteiger partial charge < -0.3 is 20.1 Å². The largest absolute Gasteiger partial charge is 0.481 e. The van der Waals surface area contributed by atoms with E-state index in [0.717, 1.165) is 16.9 Å². The summed E-state index contributed by atoms with van der Waals surface area (Å²) in [6.07, 6.45) is -0.0645. The third kappa shape index (κ3) is 5.22. The zero-order valence-electron chi connectivity index (χ0n) is 19.2. The minimum Gasteiger partial charge on any atom is -0.481 e. The van der Waals surface area contributed by atoms with E-state index < -0.39 is 18.0 Å². The Kier molecular flexibility index (Phi) is 7.77. The number of carbonyl (C=O) groups excluding carboxylic acids is 2. The Morgan fingerprint density at radius 1 is 1.12 bits per heavy atom. The Morgan fingerprint density at radius 3 is 2.38 bits per heavy atom. The number of hydrogen-bond donors (Lipinski definition) is 2. The molecule has 34 heavy (non-hydrogen) atoms. The molecule has 0 saturated carbocycles. The number of carbonyl (C=O) groups is 3. The third-order valence-electron chi connectivity index (χ3n) is 6.60. The van der Waals surface area contributed by atoms with Crippen LogP contribution in [0.2, 0.25) is 0 Å². The smallest absolute Gasteiger partial charge is 0.407 e. The molecule has 4 rings (SSSR count). The van der Waals surface area contributed by atoms with Crippen molar-refractivity contribution in [2.45, 2.75) is 31.7 Å². The summed E-state index contributed by atoms with van der Waals surface area (Å²) in [6, 6.07) is 16.0. The minimum absolute atomic E-state index is 0.0237. The number of rotatable bonds is 8. The average molecular weight is 483 g/mol. The van der Waals surface area contributed by atoms with Crippen LogP contribution in [0.4, 0.5) is 4.79 Å². The number of aliphatic carboxylic acids is 1. The molecule has 2 N–H and O–H groups in total. The van der Waals surface area contributed by atoms with Crippen LogP contribution in [-0.2, 0) is 14.3 Å². The number of carboxylic acid groups (broad SMARTS) is 1. The van der Waals surface area contributed by atoms with E-state index >= 15 is 0 Å². The fourth-order valence-corrected chi connectivity index (χ4v) is 5.87. The summed E-state index contributed by atoms with van der Waals surface area (Å²) in [5, 5.41) is 11.9. The van der Waals surface area contributed by atoms with Crippen molar-refractivity contribution in [2.24, 2.45) is 5.92 Å². The van der Waals surface area contributed by atoms with E-state index in [9.17, 15) is 19.5 Å². The molecule has 8 heteroatoms. The van der Waals surface area contributed by atoms with Crippen molar-refractivity contribution in [1.29, 1.82) is 0 Å². The Labute approximate surface area is 203 Å². The molecular formula is C26H30N2O5S. The Morgan fingerprint density at radius 2 is 1.76 bits per heavy atom. The standard InChI is InChI=1S/C26H30N2O5S/c1-2-17(25(31)28-11-12-34-16-18(28)13-24(29)30)14-27-26(32)33-15-23-21-9-5-3-7-19(21)20-8-4-6-10-22(20)23/h3-10,17-18,23H,2,11-16H2,1H3,(H,27,32)(H,29,30). The highest BCUT2D eigenvalue weighted by atomic mass is 32.2. The molecule has 1 aliphatic heterocycles. The molecular weight excluding hydrogens is 452 g/mol. The summed E-state index contributed by atoms with van der Waals surface area (Å²) in [7, 11) is 0. The van der Waals surface area contributed by atoms with Gasteiger partial charge in [-0.2, -0.15) is 11.8 Å². The molecule has 0 bridgehead atoms. The molecule has 7 nitrogen and oxygen atoms in total. The molecule has 1 fully saturated rings. The zero-order valence-corrected chi connectivity index (χ0v) is 20.1. The monoisotopic (exact) mass is 482 g/mol. The lowest BCUT2D eigenvalue weighted by Gasteiger charge is -2.36. The normalized spacial score (nSPS) is 18.0. The maximum atomic E-state index is 13.1. The van der Waals surface area contributed by atoms with E-state index in [1.54, 1.807) is 16.7 Å². The van der Waals surface area contributed by atoms with Gasteiger partial charge in [-0.1, -0.05) is 55.5 Å². The van der Waals surface area contributed by atoms with Crippen LogP contribution >= 0.6 is 11.8 Å². The van der Waals surface area contributed by atoms with E-state index in [-0.39, 0.29) is 37.4 Å². The Bertz CT molecular complexity index is 1010. The van der Waals surface area contributed by atoms with Crippen molar-refractivity contribution in [1.82, 2.24) is 10.2 Å². The molecule has 2 unspecified atom stereocenters. The number of alkyl carbamates (subject to hydrolysis) is 1. The first-order chi connectivity index (χ1) is 16.5. The number of nitrogens with one attached hydrogen (secondary N) is 1. The summed E-state index contributed by atoms with van der Waals surface area (Å²) in [4.78, 5) is 38.5. The second-order valence-corrected chi connectivity index (χ2v) is 9.82. The quantitative estimate of drug-likeness (QED) is 0.591. The SMILES string of the molecule is CCC(CNC(=O)OCC1c2ccccc2-c2ccccc21)C(=O)N1CCSCC1CC(=O)O. The minimum atomic E-state index is -0.907. The van der Waals surface area contributed by atoms with E-state index in [1.807, 2.05) is 31.2 Å². The molecule has 2 atom stereocenters. The van der Waals surface area contributed by atoms with Crippen molar-refractivity contribution >= 4 is 29.7 Å². The predicted octanol–water partition coefficient (Wildman–Crippen LogP) is 3.97. The predicted molar refractivity (Wildman–Crippen MR) is 132 cm³/mol.